The molecule has 0 spiro atoms. The summed E-state index contributed by atoms with van der Waals surface area (Å²) in [5.74, 6) is -1.68. The van der Waals surface area contributed by atoms with Gasteiger partial charge in [0.2, 0.25) is 0 Å². The Hall–Kier alpha value is -3.01. The summed E-state index contributed by atoms with van der Waals surface area (Å²) in [5, 5.41) is 14.3. The van der Waals surface area contributed by atoms with Crippen LogP contribution in [0, 0.1) is 5.82 Å². The number of nitrogens with one attached hydrogen (secondary N) is 1. The summed E-state index contributed by atoms with van der Waals surface area (Å²) in [6.07, 6.45) is 8.94. The molecule has 2 aliphatic rings. The second kappa shape index (κ2) is 9.32. The summed E-state index contributed by atoms with van der Waals surface area (Å²) in [5.41, 5.74) is -0.414. The zero-order valence-corrected chi connectivity index (χ0v) is 19.6. The second-order valence-electron chi connectivity index (χ2n) is 9.24. The third-order valence-corrected chi connectivity index (χ3v) is 7.81. The number of benzene rings is 1. The first-order valence-electron chi connectivity index (χ1n) is 11.8. The third-order valence-electron chi connectivity index (χ3n) is 6.98. The summed E-state index contributed by atoms with van der Waals surface area (Å²) >= 11 is 1.07. The molecule has 3 aromatic rings. The number of thiazole rings is 1. The topological polar surface area (TPSA) is 106 Å². The van der Waals surface area contributed by atoms with Crippen molar-refractivity contribution >= 4 is 33.9 Å². The van der Waals surface area contributed by atoms with Crippen molar-refractivity contribution in [1.82, 2.24) is 14.1 Å². The van der Waals surface area contributed by atoms with E-state index in [1.54, 1.807) is 10.6 Å². The van der Waals surface area contributed by atoms with Crippen molar-refractivity contribution < 1.29 is 14.3 Å². The van der Waals surface area contributed by atoms with Gasteiger partial charge in [0.05, 0.1) is 23.1 Å². The summed E-state index contributed by atoms with van der Waals surface area (Å²) in [7, 11) is 0. The van der Waals surface area contributed by atoms with E-state index in [9.17, 15) is 14.4 Å². The molecule has 0 unspecified atom stereocenters. The SMILES string of the molecule is O=C(O)c1csc(Cn2c(=O)c3cc(F)c(NC4CCCCC4)cc3n(C3CCCC3)c2=O)n1. The lowest BCUT2D eigenvalue weighted by Gasteiger charge is -2.25. The van der Waals surface area contributed by atoms with Gasteiger partial charge in [0, 0.05) is 17.5 Å². The van der Waals surface area contributed by atoms with E-state index in [0.29, 0.717) is 16.2 Å². The Morgan fingerprint density at radius 2 is 1.82 bits per heavy atom. The Morgan fingerprint density at radius 1 is 1.12 bits per heavy atom. The molecule has 2 heterocycles. The largest absolute Gasteiger partial charge is 0.476 e. The van der Waals surface area contributed by atoms with Crippen LogP contribution in [0.2, 0.25) is 0 Å². The number of aromatic carboxylic acids is 1. The molecule has 0 amide bonds. The van der Waals surface area contributed by atoms with Gasteiger partial charge in [-0.15, -0.1) is 11.3 Å². The summed E-state index contributed by atoms with van der Waals surface area (Å²) < 4.78 is 17.8. The number of hydrogen-bond acceptors (Lipinski definition) is 6. The monoisotopic (exact) mass is 486 g/mol. The van der Waals surface area contributed by atoms with Crippen molar-refractivity contribution in [2.24, 2.45) is 0 Å². The molecular formula is C24H27FN4O4S. The zero-order valence-electron chi connectivity index (χ0n) is 18.8. The van der Waals surface area contributed by atoms with Gasteiger partial charge in [-0.25, -0.2) is 19.0 Å². The number of anilines is 1. The minimum absolute atomic E-state index is 0.0688. The molecule has 0 saturated heterocycles. The van der Waals surface area contributed by atoms with Crippen molar-refractivity contribution in [2.45, 2.75) is 76.4 Å². The van der Waals surface area contributed by atoms with Crippen molar-refractivity contribution in [2.75, 3.05) is 5.32 Å². The highest BCUT2D eigenvalue weighted by Crippen LogP contribution is 2.32. The van der Waals surface area contributed by atoms with Gasteiger partial charge in [0.15, 0.2) is 5.69 Å². The van der Waals surface area contributed by atoms with Crippen LogP contribution in [0.25, 0.3) is 10.9 Å². The molecule has 2 N–H and O–H groups in total. The molecule has 2 saturated carbocycles. The van der Waals surface area contributed by atoms with Crippen LogP contribution in [0.1, 0.15) is 79.3 Å². The van der Waals surface area contributed by atoms with Crippen LogP contribution in [0.15, 0.2) is 27.1 Å². The molecule has 2 aliphatic carbocycles. The first-order valence-corrected chi connectivity index (χ1v) is 12.7. The number of hydrogen-bond donors (Lipinski definition) is 2. The van der Waals surface area contributed by atoms with Crippen LogP contribution >= 0.6 is 11.3 Å². The smallest absolute Gasteiger partial charge is 0.355 e. The van der Waals surface area contributed by atoms with E-state index in [1.165, 1.54) is 17.9 Å². The predicted octanol–water partition coefficient (Wildman–Crippen LogP) is 4.37. The summed E-state index contributed by atoms with van der Waals surface area (Å²) in [4.78, 5) is 42.1. The Balaban J connectivity index is 1.63. The van der Waals surface area contributed by atoms with Crippen molar-refractivity contribution in [3.05, 3.63) is 54.9 Å². The highest BCUT2D eigenvalue weighted by molar-refractivity contribution is 7.09. The van der Waals surface area contributed by atoms with Gasteiger partial charge in [0.25, 0.3) is 5.56 Å². The molecular weight excluding hydrogens is 459 g/mol. The van der Waals surface area contributed by atoms with Crippen molar-refractivity contribution in [3.63, 3.8) is 0 Å². The van der Waals surface area contributed by atoms with Gasteiger partial charge in [-0.1, -0.05) is 32.1 Å². The molecule has 0 radical (unpaired) electrons. The van der Waals surface area contributed by atoms with E-state index in [2.05, 4.69) is 10.3 Å². The van der Waals surface area contributed by atoms with E-state index in [0.717, 1.165) is 67.3 Å². The highest BCUT2D eigenvalue weighted by atomic mass is 32.1. The Labute approximate surface area is 199 Å². The van der Waals surface area contributed by atoms with E-state index in [1.807, 2.05) is 0 Å². The van der Waals surface area contributed by atoms with Gasteiger partial charge < -0.3 is 10.4 Å². The summed E-state index contributed by atoms with van der Waals surface area (Å²) in [6.45, 7) is -0.151. The third kappa shape index (κ3) is 4.26. The fourth-order valence-electron chi connectivity index (χ4n) is 5.25. The molecule has 1 aromatic carbocycles. The maximum atomic E-state index is 15.1. The summed E-state index contributed by atoms with van der Waals surface area (Å²) in [6, 6.07) is 2.97. The molecule has 0 atom stereocenters. The fourth-order valence-corrected chi connectivity index (χ4v) is 6.00. The molecule has 5 rings (SSSR count). The molecule has 0 aliphatic heterocycles. The van der Waals surface area contributed by atoms with E-state index >= 15 is 4.39 Å². The minimum atomic E-state index is -1.17. The van der Waals surface area contributed by atoms with Crippen molar-refractivity contribution in [1.29, 1.82) is 0 Å². The molecule has 2 fully saturated rings. The van der Waals surface area contributed by atoms with E-state index in [-0.39, 0.29) is 29.7 Å². The Kier molecular flexibility index (Phi) is 6.24. The highest BCUT2D eigenvalue weighted by Gasteiger charge is 2.25. The number of rotatable bonds is 6. The van der Waals surface area contributed by atoms with Crippen LogP contribution in [0.3, 0.4) is 0 Å². The van der Waals surface area contributed by atoms with Gasteiger partial charge >= 0.3 is 11.7 Å². The van der Waals surface area contributed by atoms with Crippen LogP contribution in [-0.4, -0.2) is 31.2 Å². The molecule has 180 valence electrons. The van der Waals surface area contributed by atoms with Gasteiger partial charge in [0.1, 0.15) is 10.8 Å². The standard InChI is InChI=1S/C24H27FN4O4S/c25-17-10-16-20(11-18(17)26-14-6-2-1-3-7-14)29(15-8-4-5-9-15)24(33)28(22(16)30)12-21-27-19(13-34-21)23(31)32/h10-11,13-15,26H,1-9,12H2,(H,31,32). The first-order chi connectivity index (χ1) is 16.4. The quantitative estimate of drug-likeness (QED) is 0.536. The number of carboxylic acids is 1. The number of nitrogens with zero attached hydrogens (tertiary/aromatic N) is 3. The average Bonchev–Trinajstić information content (AvgIpc) is 3.51. The van der Waals surface area contributed by atoms with E-state index in [4.69, 9.17) is 5.11 Å². The fraction of sp³-hybridized carbons (Fsp3) is 0.500. The van der Waals surface area contributed by atoms with E-state index < -0.39 is 23.0 Å². The normalized spacial score (nSPS) is 17.4. The van der Waals surface area contributed by atoms with Crippen LogP contribution in [-0.2, 0) is 6.54 Å². The second-order valence-corrected chi connectivity index (χ2v) is 10.2. The van der Waals surface area contributed by atoms with Crippen LogP contribution < -0.4 is 16.6 Å². The first kappa shape index (κ1) is 22.8. The number of fused-ring (bicyclic) bond motifs is 1. The lowest BCUT2D eigenvalue weighted by atomic mass is 9.95. The number of carbonyl (C=O) groups is 1. The van der Waals surface area contributed by atoms with Crippen LogP contribution in [0.5, 0.6) is 0 Å². The molecule has 10 heteroatoms. The zero-order chi connectivity index (χ0) is 23.8. The lowest BCUT2D eigenvalue weighted by Crippen LogP contribution is -2.41. The molecule has 0 bridgehead atoms. The Morgan fingerprint density at radius 3 is 2.50 bits per heavy atom. The number of halogens is 1. The average molecular weight is 487 g/mol. The van der Waals surface area contributed by atoms with Gasteiger partial charge in [-0.2, -0.15) is 0 Å². The molecule has 2 aromatic heterocycles. The predicted molar refractivity (Wildman–Crippen MR) is 129 cm³/mol. The molecule has 8 nitrogen and oxygen atoms in total. The van der Waals surface area contributed by atoms with Gasteiger partial charge in [-0.3, -0.25) is 13.9 Å². The lowest BCUT2D eigenvalue weighted by molar-refractivity contribution is 0.0691. The van der Waals surface area contributed by atoms with Crippen molar-refractivity contribution in [3.8, 4) is 0 Å². The number of aromatic nitrogens is 3. The molecule has 34 heavy (non-hydrogen) atoms. The maximum Gasteiger partial charge on any atom is 0.355 e. The Bertz CT molecular complexity index is 1350. The minimum Gasteiger partial charge on any atom is -0.476 e. The van der Waals surface area contributed by atoms with Crippen LogP contribution in [0.4, 0.5) is 10.1 Å². The maximum absolute atomic E-state index is 15.1. The number of carboxylic acid groups (broad SMARTS) is 1. The van der Waals surface area contributed by atoms with Gasteiger partial charge in [-0.05, 0) is 37.8 Å².